The number of phosphoric acid groups is 2. The van der Waals surface area contributed by atoms with Crippen molar-refractivity contribution >= 4 is 27.6 Å². The Morgan fingerprint density at radius 3 is 1.53 bits per heavy atom. The van der Waals surface area contributed by atoms with Crippen LogP contribution in [0.3, 0.4) is 0 Å². The molecule has 0 aliphatic rings. The number of aliphatic carboxylic acids is 2. The molecule has 1 radical (unpaired) electrons. The Kier molecular flexibility index (Phi) is 14.8. The summed E-state index contributed by atoms with van der Waals surface area (Å²) < 4.78 is 30.5. The van der Waals surface area contributed by atoms with Crippen LogP contribution < -0.4 is 14.9 Å². The van der Waals surface area contributed by atoms with Gasteiger partial charge in [0.1, 0.15) is 11.5 Å². The van der Waals surface area contributed by atoms with Crippen molar-refractivity contribution in [1.82, 2.24) is 19.8 Å². The van der Waals surface area contributed by atoms with Crippen molar-refractivity contribution in [2.24, 2.45) is 0 Å². The summed E-state index contributed by atoms with van der Waals surface area (Å²) in [7, 11) is -10.1. The molecular formula is C22H29MnN4O14P2-3. The third-order valence-corrected chi connectivity index (χ3v) is 6.49. The number of hydrogen-bond donors (Lipinski definition) is 5. The van der Waals surface area contributed by atoms with Crippen LogP contribution in [0.4, 0.5) is 0 Å². The van der Waals surface area contributed by atoms with Crippen molar-refractivity contribution in [3.05, 3.63) is 46.0 Å². The summed E-state index contributed by atoms with van der Waals surface area (Å²) in [6, 6.07) is 2.49. The average Bonchev–Trinajstić information content (AvgIpc) is 2.84. The minimum absolute atomic E-state index is 0. The number of phosphoric ester groups is 2. The number of pyridine rings is 2. The van der Waals surface area contributed by atoms with Crippen molar-refractivity contribution in [2.45, 2.75) is 40.2 Å². The first kappa shape index (κ1) is 38.5. The van der Waals surface area contributed by atoms with Gasteiger partial charge in [0, 0.05) is 60.9 Å². The molecule has 5 N–H and O–H groups in total. The van der Waals surface area contributed by atoms with Crippen LogP contribution in [-0.4, -0.2) is 83.0 Å². The third-order valence-electron chi connectivity index (χ3n) is 5.58. The molecule has 0 amide bonds. The molecule has 2 aromatic heterocycles. The second-order valence-electron chi connectivity index (χ2n) is 9.08. The van der Waals surface area contributed by atoms with E-state index in [4.69, 9.17) is 9.79 Å². The number of aryl methyl sites for hydroxylation is 2. The monoisotopic (exact) mass is 690 g/mol. The van der Waals surface area contributed by atoms with Crippen LogP contribution in [-0.2, 0) is 71.1 Å². The number of carboxylic acid groups (broad SMARTS) is 2. The van der Waals surface area contributed by atoms with E-state index in [9.17, 15) is 48.9 Å². The SMILES string of the molecule is Cc1nc(COP(=O)([O-])O)cc(CN(CCN(CC(=O)O)Cc2cc(COP(=O)([O-])O)nc(C)c2O)CC(=O)[O-])c1O.[Mn]. The minimum atomic E-state index is -5.07. The molecule has 0 spiro atoms. The van der Waals surface area contributed by atoms with E-state index in [2.05, 4.69) is 19.0 Å². The Bertz CT molecular complexity index is 1280. The van der Waals surface area contributed by atoms with Crippen LogP contribution in [0.1, 0.15) is 33.9 Å². The van der Waals surface area contributed by atoms with E-state index in [-0.39, 0.29) is 88.6 Å². The molecule has 0 fully saturated rings. The number of carboxylic acids is 2. The van der Waals surface area contributed by atoms with Crippen molar-refractivity contribution in [3.8, 4) is 11.5 Å². The molecule has 2 rings (SSSR count). The first-order chi connectivity index (χ1) is 19.3. The van der Waals surface area contributed by atoms with E-state index in [1.807, 2.05) is 0 Å². The quantitative estimate of drug-likeness (QED) is 0.0853. The normalized spacial score (nSPS) is 14.2. The van der Waals surface area contributed by atoms with Crippen LogP contribution in [0.2, 0.25) is 0 Å². The summed E-state index contributed by atoms with van der Waals surface area (Å²) >= 11 is 0. The molecule has 0 aliphatic carbocycles. The largest absolute Gasteiger partial charge is 0.756 e. The molecule has 2 unspecified atom stereocenters. The van der Waals surface area contributed by atoms with E-state index in [1.165, 1.54) is 35.8 Å². The van der Waals surface area contributed by atoms with Gasteiger partial charge in [0.15, 0.2) is 0 Å². The summed E-state index contributed by atoms with van der Waals surface area (Å²) in [5.41, 5.74) is 0.401. The number of aromatic hydroxyl groups is 2. The Hall–Kier alpha value is -2.50. The van der Waals surface area contributed by atoms with E-state index in [0.717, 1.165) is 0 Å². The van der Waals surface area contributed by atoms with Gasteiger partial charge in [0.25, 0.3) is 15.6 Å². The Morgan fingerprint density at radius 2 is 1.21 bits per heavy atom. The van der Waals surface area contributed by atoms with E-state index >= 15 is 0 Å². The van der Waals surface area contributed by atoms with Gasteiger partial charge in [0.05, 0.1) is 48.5 Å². The van der Waals surface area contributed by atoms with Crippen LogP contribution in [0, 0.1) is 13.8 Å². The minimum Gasteiger partial charge on any atom is -0.756 e. The van der Waals surface area contributed by atoms with Crippen LogP contribution in [0.5, 0.6) is 11.5 Å². The van der Waals surface area contributed by atoms with E-state index < -0.39 is 53.9 Å². The summed E-state index contributed by atoms with van der Waals surface area (Å²) in [6.07, 6.45) is 0. The molecule has 0 aliphatic heterocycles. The van der Waals surface area contributed by atoms with Crippen LogP contribution >= 0.6 is 15.6 Å². The molecule has 241 valence electrons. The fraction of sp³-hybridized carbons (Fsp3) is 0.455. The number of aromatic nitrogens is 2. The van der Waals surface area contributed by atoms with Crippen molar-refractivity contribution in [2.75, 3.05) is 26.2 Å². The molecule has 0 bridgehead atoms. The Balaban J connectivity index is 0.00000924. The maximum Gasteiger partial charge on any atom is 0.317 e. The molecule has 2 aromatic rings. The van der Waals surface area contributed by atoms with Gasteiger partial charge >= 0.3 is 5.97 Å². The van der Waals surface area contributed by atoms with Gasteiger partial charge in [-0.05, 0) is 26.0 Å². The molecule has 0 aromatic carbocycles. The molecule has 0 saturated heterocycles. The second kappa shape index (κ2) is 16.5. The third kappa shape index (κ3) is 14.2. The first-order valence-corrected chi connectivity index (χ1v) is 14.9. The maximum atomic E-state index is 11.5. The standard InChI is InChI=1S/C22H32N4O14P2.Mn/c1-13-21(31)15(5-17(23-13)11-39-41(33,34)35)7-25(9-19(27)28)3-4-26(10-20(29)30)8-16-6-18(12-40-42(36,37)38)24-14(2)22(16)32;/h5-6,31-32H,3-4,7-12H2,1-2H3,(H,27,28)(H,29,30)(H2,33,34,35)(H2,36,37,38);/p-3. The molecule has 18 nitrogen and oxygen atoms in total. The summed E-state index contributed by atoms with van der Waals surface area (Å²) in [5, 5.41) is 41.8. The predicted molar refractivity (Wildman–Crippen MR) is 134 cm³/mol. The Labute approximate surface area is 255 Å². The topological polar surface area (TPSA) is 289 Å². The fourth-order valence-corrected chi connectivity index (χ4v) is 4.45. The molecule has 2 heterocycles. The van der Waals surface area contributed by atoms with Gasteiger partial charge in [-0.1, -0.05) is 0 Å². The molecule has 0 saturated carbocycles. The zero-order valence-corrected chi connectivity index (χ0v) is 25.8. The number of hydrogen-bond acceptors (Lipinski definition) is 15. The molecule has 21 heteroatoms. The van der Waals surface area contributed by atoms with Crippen molar-refractivity contribution in [1.29, 1.82) is 0 Å². The van der Waals surface area contributed by atoms with Gasteiger partial charge in [-0.3, -0.25) is 33.7 Å². The van der Waals surface area contributed by atoms with Gasteiger partial charge in [-0.25, -0.2) is 0 Å². The number of rotatable bonds is 17. The molecular weight excluding hydrogens is 661 g/mol. The van der Waals surface area contributed by atoms with Crippen molar-refractivity contribution < 1.29 is 84.8 Å². The van der Waals surface area contributed by atoms with E-state index in [0.29, 0.717) is 0 Å². The molecule has 43 heavy (non-hydrogen) atoms. The summed E-state index contributed by atoms with van der Waals surface area (Å²) in [6.45, 7) is -0.376. The fourth-order valence-electron chi connectivity index (χ4n) is 3.86. The van der Waals surface area contributed by atoms with E-state index in [1.54, 1.807) is 0 Å². The second-order valence-corrected chi connectivity index (χ2v) is 11.5. The zero-order chi connectivity index (χ0) is 31.8. The van der Waals surface area contributed by atoms with Gasteiger partial charge in [-0.15, -0.1) is 0 Å². The number of nitrogens with zero attached hydrogens (tertiary/aromatic N) is 4. The van der Waals surface area contributed by atoms with Crippen LogP contribution in [0.25, 0.3) is 0 Å². The van der Waals surface area contributed by atoms with Gasteiger partial charge < -0.3 is 53.8 Å². The maximum absolute atomic E-state index is 11.5. The average molecular weight is 690 g/mol. The molecule has 2 atom stereocenters. The van der Waals surface area contributed by atoms with Gasteiger partial charge in [-0.2, -0.15) is 0 Å². The zero-order valence-electron chi connectivity index (χ0n) is 22.8. The predicted octanol–water partition coefficient (Wildman–Crippen LogP) is -2.40. The number of carbonyl (C=O) groups is 2. The van der Waals surface area contributed by atoms with Crippen LogP contribution in [0.15, 0.2) is 12.1 Å². The first-order valence-electron chi connectivity index (χ1n) is 11.9. The van der Waals surface area contributed by atoms with Crippen molar-refractivity contribution in [3.63, 3.8) is 0 Å². The smallest absolute Gasteiger partial charge is 0.317 e. The summed E-state index contributed by atoms with van der Waals surface area (Å²) in [5.74, 6) is -3.38. The van der Waals surface area contributed by atoms with Gasteiger partial charge in [0.2, 0.25) is 0 Å². The Morgan fingerprint density at radius 1 is 0.837 bits per heavy atom. The number of carbonyl (C=O) groups excluding carboxylic acids is 1. The summed E-state index contributed by atoms with van der Waals surface area (Å²) in [4.78, 5) is 73.0.